The van der Waals surface area contributed by atoms with Gasteiger partial charge in [0.25, 0.3) is 0 Å². The van der Waals surface area contributed by atoms with Gasteiger partial charge < -0.3 is 9.64 Å². The van der Waals surface area contributed by atoms with E-state index in [2.05, 4.69) is 4.98 Å². The van der Waals surface area contributed by atoms with E-state index in [1.54, 1.807) is 12.3 Å². The molecule has 0 aliphatic carbocycles. The summed E-state index contributed by atoms with van der Waals surface area (Å²) in [5.74, 6) is -0.0139. The first-order valence-electron chi connectivity index (χ1n) is 8.35. The van der Waals surface area contributed by atoms with Gasteiger partial charge in [0.15, 0.2) is 0 Å². The lowest BCUT2D eigenvalue weighted by Gasteiger charge is -2.24. The zero-order valence-corrected chi connectivity index (χ0v) is 13.7. The molecule has 0 radical (unpaired) electrons. The van der Waals surface area contributed by atoms with Crippen molar-refractivity contribution in [1.29, 1.82) is 0 Å². The fraction of sp³-hybridized carbons (Fsp3) is 0.300. The monoisotopic (exact) mass is 322 g/mol. The molecule has 3 rings (SSSR count). The van der Waals surface area contributed by atoms with Crippen LogP contribution in [0.2, 0.25) is 0 Å². The number of hydrogen-bond donors (Lipinski definition) is 0. The maximum Gasteiger partial charge on any atom is 0.247 e. The van der Waals surface area contributed by atoms with Crippen molar-refractivity contribution in [1.82, 2.24) is 9.88 Å². The molecule has 1 aromatic carbocycles. The minimum atomic E-state index is -0.0139. The minimum absolute atomic E-state index is 0.0139. The molecule has 0 N–H and O–H groups in total. The van der Waals surface area contributed by atoms with E-state index in [0.29, 0.717) is 13.1 Å². The summed E-state index contributed by atoms with van der Waals surface area (Å²) in [7, 11) is 0. The lowest BCUT2D eigenvalue weighted by atomic mass is 10.2. The Bertz CT molecular complexity index is 665. The zero-order valence-electron chi connectivity index (χ0n) is 13.7. The Morgan fingerprint density at radius 1 is 1.21 bits per heavy atom. The summed E-state index contributed by atoms with van der Waals surface area (Å²) >= 11 is 0. The lowest BCUT2D eigenvalue weighted by Crippen LogP contribution is -2.36. The number of rotatable bonds is 6. The van der Waals surface area contributed by atoms with Gasteiger partial charge in [0, 0.05) is 25.4 Å². The molecule has 4 heteroatoms. The molecule has 0 spiro atoms. The number of ether oxygens (including phenoxy) is 1. The predicted molar refractivity (Wildman–Crippen MR) is 94.1 cm³/mol. The van der Waals surface area contributed by atoms with Gasteiger partial charge in [0.05, 0.1) is 18.3 Å². The predicted octanol–water partition coefficient (Wildman–Crippen LogP) is 3.30. The van der Waals surface area contributed by atoms with Gasteiger partial charge in [-0.1, -0.05) is 36.4 Å². The van der Waals surface area contributed by atoms with E-state index in [9.17, 15) is 4.79 Å². The maximum atomic E-state index is 12.7. The second kappa shape index (κ2) is 8.41. The number of benzene rings is 1. The van der Waals surface area contributed by atoms with Crippen molar-refractivity contribution in [2.75, 3.05) is 13.2 Å². The summed E-state index contributed by atoms with van der Waals surface area (Å²) in [5, 5.41) is 0. The Kier molecular flexibility index (Phi) is 5.75. The Hall–Kier alpha value is -2.46. The van der Waals surface area contributed by atoms with Crippen molar-refractivity contribution >= 4 is 12.0 Å². The van der Waals surface area contributed by atoms with E-state index in [4.69, 9.17) is 4.74 Å². The molecule has 1 amide bonds. The third-order valence-corrected chi connectivity index (χ3v) is 4.06. The maximum absolute atomic E-state index is 12.7. The van der Waals surface area contributed by atoms with Gasteiger partial charge >= 0.3 is 0 Å². The van der Waals surface area contributed by atoms with E-state index < -0.39 is 0 Å². The molecule has 1 fully saturated rings. The topological polar surface area (TPSA) is 42.4 Å². The van der Waals surface area contributed by atoms with Crippen LogP contribution in [-0.2, 0) is 16.1 Å². The highest BCUT2D eigenvalue weighted by atomic mass is 16.5. The Labute approximate surface area is 142 Å². The van der Waals surface area contributed by atoms with E-state index in [1.807, 2.05) is 59.5 Å². The van der Waals surface area contributed by atoms with Crippen LogP contribution in [0, 0.1) is 0 Å². The van der Waals surface area contributed by atoms with Crippen molar-refractivity contribution in [3.05, 3.63) is 72.1 Å². The van der Waals surface area contributed by atoms with Crippen LogP contribution in [0.25, 0.3) is 6.08 Å². The van der Waals surface area contributed by atoms with E-state index >= 15 is 0 Å². The summed E-state index contributed by atoms with van der Waals surface area (Å²) in [5.41, 5.74) is 1.90. The van der Waals surface area contributed by atoms with Crippen LogP contribution < -0.4 is 0 Å². The average Bonchev–Trinajstić information content (AvgIpc) is 3.14. The Morgan fingerprint density at radius 2 is 2.04 bits per heavy atom. The van der Waals surface area contributed by atoms with Gasteiger partial charge in [-0.15, -0.1) is 0 Å². The van der Waals surface area contributed by atoms with Crippen molar-refractivity contribution in [3.8, 4) is 0 Å². The molecule has 2 aromatic rings. The molecule has 4 nitrogen and oxygen atoms in total. The van der Waals surface area contributed by atoms with E-state index in [0.717, 1.165) is 30.7 Å². The Balaban J connectivity index is 1.70. The second-order valence-corrected chi connectivity index (χ2v) is 5.92. The van der Waals surface area contributed by atoms with Crippen molar-refractivity contribution in [2.45, 2.75) is 25.5 Å². The van der Waals surface area contributed by atoms with E-state index in [1.165, 1.54) is 0 Å². The molecule has 1 aromatic heterocycles. The van der Waals surface area contributed by atoms with Gasteiger partial charge in [-0.2, -0.15) is 0 Å². The van der Waals surface area contributed by atoms with Crippen LogP contribution in [0.15, 0.2) is 60.8 Å². The molecule has 0 bridgehead atoms. The molecule has 2 heterocycles. The third-order valence-electron chi connectivity index (χ3n) is 4.06. The fourth-order valence-electron chi connectivity index (χ4n) is 2.79. The number of pyridine rings is 1. The molecule has 1 aliphatic rings. The second-order valence-electron chi connectivity index (χ2n) is 5.92. The summed E-state index contributed by atoms with van der Waals surface area (Å²) in [6.45, 7) is 1.89. The normalized spacial score (nSPS) is 17.2. The van der Waals surface area contributed by atoms with Crippen molar-refractivity contribution in [3.63, 3.8) is 0 Å². The molecule has 24 heavy (non-hydrogen) atoms. The Morgan fingerprint density at radius 3 is 2.75 bits per heavy atom. The summed E-state index contributed by atoms with van der Waals surface area (Å²) in [6, 6.07) is 15.6. The van der Waals surface area contributed by atoms with Gasteiger partial charge in [0.2, 0.25) is 5.91 Å². The standard InChI is InChI=1S/C20H22N2O2/c23-20(12-11-17-7-2-1-3-8-17)22(16-19-10-6-14-24-19)15-18-9-4-5-13-21-18/h1-5,7-9,11-13,19H,6,10,14-16H2. The van der Waals surface area contributed by atoms with Crippen molar-refractivity contribution in [2.24, 2.45) is 0 Å². The SMILES string of the molecule is O=C(C=Cc1ccccc1)N(Cc1ccccn1)CC1CCCO1. The zero-order chi connectivity index (χ0) is 16.6. The largest absolute Gasteiger partial charge is 0.376 e. The number of nitrogens with zero attached hydrogens (tertiary/aromatic N) is 2. The number of carbonyl (C=O) groups excluding carboxylic acids is 1. The van der Waals surface area contributed by atoms with Crippen molar-refractivity contribution < 1.29 is 9.53 Å². The van der Waals surface area contributed by atoms with Crippen LogP contribution in [0.3, 0.4) is 0 Å². The molecular formula is C20H22N2O2. The molecule has 1 atom stereocenters. The van der Waals surface area contributed by atoms with Crippen LogP contribution in [0.1, 0.15) is 24.1 Å². The quantitative estimate of drug-likeness (QED) is 0.766. The summed E-state index contributed by atoms with van der Waals surface area (Å²) in [4.78, 5) is 18.8. The first-order chi connectivity index (χ1) is 11.8. The van der Waals surface area contributed by atoms with E-state index in [-0.39, 0.29) is 12.0 Å². The average molecular weight is 322 g/mol. The number of amides is 1. The molecule has 1 aliphatic heterocycles. The third kappa shape index (κ3) is 4.77. The first kappa shape index (κ1) is 16.4. The van der Waals surface area contributed by atoms with Crippen LogP contribution in [-0.4, -0.2) is 35.0 Å². The van der Waals surface area contributed by atoms with Crippen LogP contribution >= 0.6 is 0 Å². The number of hydrogen-bond acceptors (Lipinski definition) is 3. The molecular weight excluding hydrogens is 300 g/mol. The van der Waals surface area contributed by atoms with Gasteiger partial charge in [-0.3, -0.25) is 9.78 Å². The molecule has 1 saturated heterocycles. The highest BCUT2D eigenvalue weighted by Crippen LogP contribution is 2.15. The molecule has 124 valence electrons. The highest BCUT2D eigenvalue weighted by Gasteiger charge is 2.21. The molecule has 0 saturated carbocycles. The number of carbonyl (C=O) groups is 1. The number of aromatic nitrogens is 1. The minimum Gasteiger partial charge on any atom is -0.376 e. The smallest absolute Gasteiger partial charge is 0.247 e. The fourth-order valence-corrected chi connectivity index (χ4v) is 2.79. The lowest BCUT2D eigenvalue weighted by molar-refractivity contribution is -0.128. The van der Waals surface area contributed by atoms with Crippen LogP contribution in [0.4, 0.5) is 0 Å². The van der Waals surface area contributed by atoms with Gasteiger partial charge in [0.1, 0.15) is 0 Å². The first-order valence-corrected chi connectivity index (χ1v) is 8.35. The van der Waals surface area contributed by atoms with Gasteiger partial charge in [-0.25, -0.2) is 0 Å². The summed E-state index contributed by atoms with van der Waals surface area (Å²) < 4.78 is 5.70. The van der Waals surface area contributed by atoms with Crippen LogP contribution in [0.5, 0.6) is 0 Å². The van der Waals surface area contributed by atoms with Gasteiger partial charge in [-0.05, 0) is 36.6 Å². The highest BCUT2D eigenvalue weighted by molar-refractivity contribution is 5.91. The molecule has 1 unspecified atom stereocenters. The summed E-state index contributed by atoms with van der Waals surface area (Å²) in [6.07, 6.45) is 7.44.